The summed E-state index contributed by atoms with van der Waals surface area (Å²) in [6, 6.07) is 3.90. The number of ether oxygens (including phenoxy) is 2. The van der Waals surface area contributed by atoms with Crippen LogP contribution in [0.1, 0.15) is 13.3 Å². The number of nitrogens with zero attached hydrogens (tertiary/aromatic N) is 2. The first kappa shape index (κ1) is 13.6. The van der Waals surface area contributed by atoms with Crippen LogP contribution in [0.25, 0.3) is 0 Å². The molecule has 1 unspecified atom stereocenters. The number of anilines is 1. The Bertz CT molecular complexity index is 376. The summed E-state index contributed by atoms with van der Waals surface area (Å²) < 4.78 is 11.4. The third-order valence-electron chi connectivity index (χ3n) is 2.82. The lowest BCUT2D eigenvalue weighted by Gasteiger charge is -2.33. The molecule has 0 N–H and O–H groups in total. The first-order valence-electron chi connectivity index (χ1n) is 6.35. The van der Waals surface area contributed by atoms with Crippen LogP contribution in [0.2, 0.25) is 0 Å². The fraction of sp³-hybridized carbons (Fsp3) is 0.615. The summed E-state index contributed by atoms with van der Waals surface area (Å²) in [5, 5.41) is 0.849. The van der Waals surface area contributed by atoms with E-state index in [-0.39, 0.29) is 6.10 Å². The van der Waals surface area contributed by atoms with E-state index >= 15 is 0 Å². The Labute approximate surface area is 116 Å². The van der Waals surface area contributed by atoms with Crippen LogP contribution in [0.3, 0.4) is 0 Å². The van der Waals surface area contributed by atoms with Gasteiger partial charge in [-0.3, -0.25) is 0 Å². The normalized spacial score (nSPS) is 19.9. The number of aromatic nitrogens is 1. The zero-order chi connectivity index (χ0) is 12.8. The maximum Gasteiger partial charge on any atom is 0.171 e. The Balaban J connectivity index is 2.11. The molecule has 5 heteroatoms. The van der Waals surface area contributed by atoms with E-state index in [1.807, 2.05) is 18.3 Å². The minimum absolute atomic E-state index is 0.222. The zero-order valence-electron chi connectivity index (χ0n) is 10.6. The first-order chi connectivity index (χ1) is 8.85. The Kier molecular flexibility index (Phi) is 5.26. The van der Waals surface area contributed by atoms with Gasteiger partial charge in [0.1, 0.15) is 0 Å². The Morgan fingerprint density at radius 3 is 3.28 bits per heavy atom. The van der Waals surface area contributed by atoms with E-state index in [1.165, 1.54) is 0 Å². The first-order valence-corrected chi connectivity index (χ1v) is 7.47. The molecule has 0 bridgehead atoms. The molecule has 100 valence electrons. The van der Waals surface area contributed by atoms with Gasteiger partial charge in [-0.05, 0) is 18.6 Å². The van der Waals surface area contributed by atoms with Gasteiger partial charge in [-0.25, -0.2) is 4.98 Å². The molecule has 4 nitrogen and oxygen atoms in total. The third-order valence-corrected chi connectivity index (χ3v) is 3.55. The van der Waals surface area contributed by atoms with Crippen molar-refractivity contribution in [1.29, 1.82) is 0 Å². The molecule has 1 aliphatic heterocycles. The van der Waals surface area contributed by atoms with Crippen molar-refractivity contribution in [2.45, 2.75) is 19.4 Å². The van der Waals surface area contributed by atoms with Crippen LogP contribution in [0.4, 0.5) is 5.82 Å². The summed E-state index contributed by atoms with van der Waals surface area (Å²) in [6.45, 7) is 5.28. The Morgan fingerprint density at radius 2 is 2.50 bits per heavy atom. The van der Waals surface area contributed by atoms with Gasteiger partial charge in [0, 0.05) is 24.6 Å². The topological polar surface area (TPSA) is 34.6 Å². The smallest absolute Gasteiger partial charge is 0.171 e. The molecule has 1 aliphatic rings. The van der Waals surface area contributed by atoms with E-state index in [0.29, 0.717) is 0 Å². The van der Waals surface area contributed by atoms with Gasteiger partial charge in [-0.2, -0.15) is 0 Å². The monoisotopic (exact) mass is 314 g/mol. The third kappa shape index (κ3) is 3.36. The van der Waals surface area contributed by atoms with Crippen LogP contribution >= 0.6 is 15.9 Å². The molecule has 1 fully saturated rings. The lowest BCUT2D eigenvalue weighted by Crippen LogP contribution is -2.43. The van der Waals surface area contributed by atoms with E-state index in [4.69, 9.17) is 9.47 Å². The summed E-state index contributed by atoms with van der Waals surface area (Å²) in [5.41, 5.74) is 0. The van der Waals surface area contributed by atoms with Crippen LogP contribution in [-0.2, 0) is 4.74 Å². The van der Waals surface area contributed by atoms with E-state index in [2.05, 4.69) is 32.7 Å². The number of halogens is 1. The van der Waals surface area contributed by atoms with Gasteiger partial charge in [0.2, 0.25) is 0 Å². The van der Waals surface area contributed by atoms with Crippen LogP contribution in [0, 0.1) is 0 Å². The average molecular weight is 315 g/mol. The minimum Gasteiger partial charge on any atom is -0.490 e. The molecule has 2 heterocycles. The highest BCUT2D eigenvalue weighted by Gasteiger charge is 2.22. The predicted octanol–water partition coefficient (Wildman–Crippen LogP) is 2.47. The molecule has 0 aliphatic carbocycles. The van der Waals surface area contributed by atoms with Crippen molar-refractivity contribution < 1.29 is 9.47 Å². The second kappa shape index (κ2) is 6.95. The van der Waals surface area contributed by atoms with E-state index in [1.54, 1.807) is 0 Å². The highest BCUT2D eigenvalue weighted by atomic mass is 79.9. The van der Waals surface area contributed by atoms with E-state index in [9.17, 15) is 0 Å². The molecular formula is C13H19BrN2O2. The molecule has 1 aromatic heterocycles. The van der Waals surface area contributed by atoms with Gasteiger partial charge >= 0.3 is 0 Å². The number of hydrogen-bond acceptors (Lipinski definition) is 4. The van der Waals surface area contributed by atoms with Crippen LogP contribution in [0.5, 0.6) is 5.75 Å². The van der Waals surface area contributed by atoms with Gasteiger partial charge in [-0.1, -0.05) is 22.9 Å². The number of hydrogen-bond donors (Lipinski definition) is 0. The summed E-state index contributed by atoms with van der Waals surface area (Å²) in [7, 11) is 0. The second-order valence-corrected chi connectivity index (χ2v) is 4.91. The maximum atomic E-state index is 5.75. The summed E-state index contributed by atoms with van der Waals surface area (Å²) >= 11 is 3.47. The Morgan fingerprint density at radius 1 is 1.61 bits per heavy atom. The van der Waals surface area contributed by atoms with Crippen molar-refractivity contribution in [3.8, 4) is 5.75 Å². The van der Waals surface area contributed by atoms with Crippen molar-refractivity contribution in [3.63, 3.8) is 0 Å². The molecular weight excluding hydrogens is 296 g/mol. The lowest BCUT2D eigenvalue weighted by atomic mass is 10.3. The van der Waals surface area contributed by atoms with Gasteiger partial charge in [0.25, 0.3) is 0 Å². The van der Waals surface area contributed by atoms with E-state index < -0.39 is 0 Å². The Hall–Kier alpha value is -0.810. The largest absolute Gasteiger partial charge is 0.490 e. The van der Waals surface area contributed by atoms with Gasteiger partial charge in [0.15, 0.2) is 11.6 Å². The van der Waals surface area contributed by atoms with Gasteiger partial charge < -0.3 is 14.4 Å². The highest BCUT2D eigenvalue weighted by molar-refractivity contribution is 9.09. The molecule has 0 saturated carbocycles. The molecule has 0 spiro atoms. The average Bonchev–Trinajstić information content (AvgIpc) is 2.45. The molecule has 0 radical (unpaired) electrons. The zero-order valence-corrected chi connectivity index (χ0v) is 12.2. The predicted molar refractivity (Wildman–Crippen MR) is 75.8 cm³/mol. The molecule has 1 saturated heterocycles. The fourth-order valence-corrected chi connectivity index (χ4v) is 2.34. The summed E-state index contributed by atoms with van der Waals surface area (Å²) in [4.78, 5) is 6.69. The van der Waals surface area contributed by atoms with E-state index in [0.717, 1.165) is 49.6 Å². The minimum atomic E-state index is 0.222. The summed E-state index contributed by atoms with van der Waals surface area (Å²) in [5.74, 6) is 1.80. The van der Waals surface area contributed by atoms with Crippen molar-refractivity contribution >= 4 is 21.7 Å². The highest BCUT2D eigenvalue weighted by Crippen LogP contribution is 2.27. The molecule has 1 aromatic rings. The maximum absolute atomic E-state index is 5.75. The number of pyridine rings is 1. The van der Waals surface area contributed by atoms with Crippen molar-refractivity contribution in [2.24, 2.45) is 0 Å². The molecule has 1 atom stereocenters. The standard InChI is InChI=1S/C13H19BrN2O2/c1-2-7-18-12-4-3-5-15-13(12)16-6-8-17-11(9-14)10-16/h3-5,11H,2,6-10H2,1H3. The number of morpholine rings is 1. The molecule has 2 rings (SSSR count). The fourth-order valence-electron chi connectivity index (χ4n) is 1.95. The molecule has 0 aromatic carbocycles. The van der Waals surface area contributed by atoms with Gasteiger partial charge in [0.05, 0.1) is 19.3 Å². The van der Waals surface area contributed by atoms with Crippen LogP contribution < -0.4 is 9.64 Å². The summed E-state index contributed by atoms with van der Waals surface area (Å²) in [6.07, 6.45) is 3.04. The number of alkyl halides is 1. The van der Waals surface area contributed by atoms with Crippen LogP contribution in [0.15, 0.2) is 18.3 Å². The van der Waals surface area contributed by atoms with Crippen molar-refractivity contribution in [3.05, 3.63) is 18.3 Å². The van der Waals surface area contributed by atoms with Gasteiger partial charge in [-0.15, -0.1) is 0 Å². The second-order valence-electron chi connectivity index (χ2n) is 4.27. The number of rotatable bonds is 5. The quantitative estimate of drug-likeness (QED) is 0.782. The van der Waals surface area contributed by atoms with Crippen LogP contribution in [-0.4, -0.2) is 42.7 Å². The molecule has 0 amide bonds. The van der Waals surface area contributed by atoms with Crippen molar-refractivity contribution in [1.82, 2.24) is 4.98 Å². The molecule has 18 heavy (non-hydrogen) atoms. The van der Waals surface area contributed by atoms with Crippen molar-refractivity contribution in [2.75, 3.05) is 36.5 Å². The SMILES string of the molecule is CCCOc1cccnc1N1CCOC(CBr)C1. The lowest BCUT2D eigenvalue weighted by molar-refractivity contribution is 0.0566.